The third kappa shape index (κ3) is 2.44. The first kappa shape index (κ1) is 10.8. The number of aryl methyl sites for hydroxylation is 1. The van der Waals surface area contributed by atoms with Crippen LogP contribution in [0.5, 0.6) is 0 Å². The Labute approximate surface area is 99.3 Å². The molecule has 0 aliphatic heterocycles. The van der Waals surface area contributed by atoms with Crippen LogP contribution in [-0.4, -0.2) is 4.98 Å². The van der Waals surface area contributed by atoms with Gasteiger partial charge in [0.05, 0.1) is 0 Å². The zero-order valence-electron chi connectivity index (χ0n) is 8.87. The number of nitrogens with one attached hydrogen (secondary N) is 1. The molecule has 0 saturated carbocycles. The lowest BCUT2D eigenvalue weighted by atomic mass is 10.2. The Morgan fingerprint density at radius 2 is 2.00 bits per heavy atom. The van der Waals surface area contributed by atoms with Gasteiger partial charge in [-0.25, -0.2) is 4.98 Å². The van der Waals surface area contributed by atoms with E-state index in [-0.39, 0.29) is 0 Å². The van der Waals surface area contributed by atoms with E-state index in [1.807, 2.05) is 31.2 Å². The lowest BCUT2D eigenvalue weighted by molar-refractivity contribution is 1.30. The van der Waals surface area contributed by atoms with E-state index in [0.717, 1.165) is 11.3 Å². The van der Waals surface area contributed by atoms with Crippen molar-refractivity contribution in [1.82, 2.24) is 4.98 Å². The number of nitrogens with two attached hydrogens (primary N) is 1. The monoisotopic (exact) mass is 233 g/mol. The van der Waals surface area contributed by atoms with Gasteiger partial charge in [0, 0.05) is 17.4 Å². The van der Waals surface area contributed by atoms with E-state index < -0.39 is 0 Å². The van der Waals surface area contributed by atoms with Crippen molar-refractivity contribution in [3.05, 3.63) is 47.1 Å². The zero-order chi connectivity index (χ0) is 11.5. The Morgan fingerprint density at radius 1 is 1.25 bits per heavy atom. The van der Waals surface area contributed by atoms with Crippen LogP contribution in [-0.2, 0) is 0 Å². The highest BCUT2D eigenvalue weighted by Gasteiger charge is 2.01. The second-order valence-corrected chi connectivity index (χ2v) is 3.94. The quantitative estimate of drug-likeness (QED) is 0.782. The normalized spacial score (nSPS) is 10.1. The van der Waals surface area contributed by atoms with E-state index in [1.54, 1.807) is 12.1 Å². The highest BCUT2D eigenvalue weighted by Crippen LogP contribution is 2.22. The van der Waals surface area contributed by atoms with Crippen LogP contribution in [0, 0.1) is 6.92 Å². The Balaban J connectivity index is 2.30. The van der Waals surface area contributed by atoms with Gasteiger partial charge in [-0.1, -0.05) is 29.8 Å². The van der Waals surface area contributed by atoms with E-state index in [9.17, 15) is 0 Å². The van der Waals surface area contributed by atoms with E-state index in [0.29, 0.717) is 16.7 Å². The van der Waals surface area contributed by atoms with Crippen LogP contribution in [0.25, 0.3) is 0 Å². The molecule has 2 rings (SSSR count). The van der Waals surface area contributed by atoms with Crippen LogP contribution in [0.15, 0.2) is 36.4 Å². The molecule has 0 unspecified atom stereocenters. The molecular formula is C12H12ClN3. The summed E-state index contributed by atoms with van der Waals surface area (Å²) in [5.41, 5.74) is 8.42. The summed E-state index contributed by atoms with van der Waals surface area (Å²) in [6.45, 7) is 2.02. The van der Waals surface area contributed by atoms with Gasteiger partial charge < -0.3 is 11.1 Å². The summed E-state index contributed by atoms with van der Waals surface area (Å²) in [7, 11) is 0. The average molecular weight is 234 g/mol. The van der Waals surface area contributed by atoms with Crippen molar-refractivity contribution in [2.24, 2.45) is 0 Å². The van der Waals surface area contributed by atoms with Crippen molar-refractivity contribution in [3.63, 3.8) is 0 Å². The minimum Gasteiger partial charge on any atom is -0.399 e. The molecule has 1 heterocycles. The van der Waals surface area contributed by atoms with Crippen LogP contribution in [0.4, 0.5) is 17.2 Å². The molecule has 1 aromatic heterocycles. The molecule has 0 aliphatic rings. The van der Waals surface area contributed by atoms with E-state index in [2.05, 4.69) is 10.3 Å². The fourth-order valence-corrected chi connectivity index (χ4v) is 1.65. The summed E-state index contributed by atoms with van der Waals surface area (Å²) in [4.78, 5) is 4.14. The summed E-state index contributed by atoms with van der Waals surface area (Å²) in [5.74, 6) is 0.652. The van der Waals surface area contributed by atoms with Gasteiger partial charge in [-0.3, -0.25) is 0 Å². The number of hydrogen-bond acceptors (Lipinski definition) is 3. The summed E-state index contributed by atoms with van der Waals surface area (Å²) in [6.07, 6.45) is 0. The minimum atomic E-state index is 0.385. The molecule has 0 amide bonds. The Kier molecular flexibility index (Phi) is 2.97. The van der Waals surface area contributed by atoms with Crippen LogP contribution < -0.4 is 11.1 Å². The number of rotatable bonds is 2. The summed E-state index contributed by atoms with van der Waals surface area (Å²) < 4.78 is 0. The first-order valence-electron chi connectivity index (χ1n) is 4.91. The van der Waals surface area contributed by atoms with Crippen molar-refractivity contribution in [2.45, 2.75) is 6.92 Å². The highest BCUT2D eigenvalue weighted by molar-refractivity contribution is 6.29. The molecule has 2 aromatic rings. The summed E-state index contributed by atoms with van der Waals surface area (Å²) in [5, 5.41) is 3.56. The molecular weight excluding hydrogens is 222 g/mol. The van der Waals surface area contributed by atoms with Gasteiger partial charge in [0.1, 0.15) is 11.0 Å². The molecule has 0 saturated heterocycles. The number of benzene rings is 1. The molecule has 0 aliphatic carbocycles. The SMILES string of the molecule is Cc1ccccc1Nc1cc(N)cc(Cl)n1. The lowest BCUT2D eigenvalue weighted by Crippen LogP contribution is -1.97. The zero-order valence-corrected chi connectivity index (χ0v) is 9.62. The van der Waals surface area contributed by atoms with Crippen molar-refractivity contribution < 1.29 is 0 Å². The van der Waals surface area contributed by atoms with Crippen LogP contribution in [0.1, 0.15) is 5.56 Å². The molecule has 0 bridgehead atoms. The second kappa shape index (κ2) is 4.41. The molecule has 1 aromatic carbocycles. The fourth-order valence-electron chi connectivity index (χ4n) is 1.43. The van der Waals surface area contributed by atoms with Gasteiger partial charge in [-0.05, 0) is 24.6 Å². The average Bonchev–Trinajstić information content (AvgIpc) is 2.20. The lowest BCUT2D eigenvalue weighted by Gasteiger charge is -2.09. The summed E-state index contributed by atoms with van der Waals surface area (Å²) in [6, 6.07) is 11.3. The largest absolute Gasteiger partial charge is 0.399 e. The first-order chi connectivity index (χ1) is 7.65. The predicted octanol–water partition coefficient (Wildman–Crippen LogP) is 3.37. The molecule has 0 spiro atoms. The molecule has 0 fully saturated rings. The topological polar surface area (TPSA) is 50.9 Å². The Morgan fingerprint density at radius 3 is 2.69 bits per heavy atom. The van der Waals surface area contributed by atoms with Crippen molar-refractivity contribution in [3.8, 4) is 0 Å². The number of para-hydroxylation sites is 1. The maximum absolute atomic E-state index is 5.83. The predicted molar refractivity (Wildman–Crippen MR) is 68.1 cm³/mol. The third-order valence-electron chi connectivity index (χ3n) is 2.22. The van der Waals surface area contributed by atoms with Gasteiger partial charge in [0.25, 0.3) is 0 Å². The van der Waals surface area contributed by atoms with Crippen molar-refractivity contribution in [1.29, 1.82) is 0 Å². The number of aromatic nitrogens is 1. The number of halogens is 1. The van der Waals surface area contributed by atoms with Gasteiger partial charge in [-0.2, -0.15) is 0 Å². The van der Waals surface area contributed by atoms with Gasteiger partial charge in [-0.15, -0.1) is 0 Å². The van der Waals surface area contributed by atoms with Crippen molar-refractivity contribution >= 4 is 28.8 Å². The van der Waals surface area contributed by atoms with Gasteiger partial charge >= 0.3 is 0 Å². The number of hydrogen-bond donors (Lipinski definition) is 2. The Hall–Kier alpha value is -1.74. The van der Waals surface area contributed by atoms with Crippen LogP contribution in [0.2, 0.25) is 5.15 Å². The molecule has 0 atom stereocenters. The Bertz CT molecular complexity index is 491. The molecule has 82 valence electrons. The fraction of sp³-hybridized carbons (Fsp3) is 0.0833. The third-order valence-corrected chi connectivity index (χ3v) is 2.42. The molecule has 3 N–H and O–H groups in total. The summed E-state index contributed by atoms with van der Waals surface area (Å²) >= 11 is 5.83. The number of nitrogen functional groups attached to an aromatic ring is 1. The minimum absolute atomic E-state index is 0.385. The molecule has 3 nitrogen and oxygen atoms in total. The standard InChI is InChI=1S/C12H12ClN3/c1-8-4-2-3-5-10(8)15-12-7-9(14)6-11(13)16-12/h2-7H,1H3,(H3,14,15,16). The number of nitrogens with zero attached hydrogens (tertiary/aromatic N) is 1. The van der Waals surface area contributed by atoms with Crippen molar-refractivity contribution in [2.75, 3.05) is 11.1 Å². The molecule has 4 heteroatoms. The van der Waals surface area contributed by atoms with E-state index >= 15 is 0 Å². The molecule has 0 radical (unpaired) electrons. The van der Waals surface area contributed by atoms with Gasteiger partial charge in [0.2, 0.25) is 0 Å². The first-order valence-corrected chi connectivity index (χ1v) is 5.28. The van der Waals surface area contributed by atoms with Gasteiger partial charge in [0.15, 0.2) is 0 Å². The van der Waals surface area contributed by atoms with E-state index in [1.165, 1.54) is 0 Å². The smallest absolute Gasteiger partial charge is 0.134 e. The second-order valence-electron chi connectivity index (χ2n) is 3.55. The highest BCUT2D eigenvalue weighted by atomic mass is 35.5. The number of anilines is 3. The molecule has 16 heavy (non-hydrogen) atoms. The number of pyridine rings is 1. The van der Waals surface area contributed by atoms with Crippen LogP contribution >= 0.6 is 11.6 Å². The maximum atomic E-state index is 5.83. The van der Waals surface area contributed by atoms with E-state index in [4.69, 9.17) is 17.3 Å². The van der Waals surface area contributed by atoms with Crippen LogP contribution in [0.3, 0.4) is 0 Å². The maximum Gasteiger partial charge on any atom is 0.134 e.